The van der Waals surface area contributed by atoms with E-state index in [-0.39, 0.29) is 5.56 Å². The topological polar surface area (TPSA) is 44.1 Å². The Morgan fingerprint density at radius 3 is 2.85 bits per heavy atom. The maximum absolute atomic E-state index is 12.7. The summed E-state index contributed by atoms with van der Waals surface area (Å²) in [4.78, 5) is 17.3. The molecule has 4 aromatic rings. The molecule has 5 rings (SSSR count). The molecule has 0 saturated heterocycles. The summed E-state index contributed by atoms with van der Waals surface area (Å²) in [6.07, 6.45) is 1.87. The van der Waals surface area contributed by atoms with Crippen LogP contribution in [-0.4, -0.2) is 9.55 Å². The molecule has 3 aromatic carbocycles. The number of aryl methyl sites for hydroxylation is 1. The fraction of sp³-hybridized carbons (Fsp3) is 0.182. The van der Waals surface area contributed by atoms with E-state index in [0.717, 1.165) is 36.3 Å². The van der Waals surface area contributed by atoms with E-state index in [2.05, 4.69) is 29.2 Å². The lowest BCUT2D eigenvalue weighted by molar-refractivity contribution is 0.308. The monoisotopic (exact) mass is 342 g/mol. The summed E-state index contributed by atoms with van der Waals surface area (Å²) in [7, 11) is 0. The van der Waals surface area contributed by atoms with Crippen molar-refractivity contribution in [2.24, 2.45) is 0 Å². The van der Waals surface area contributed by atoms with Crippen LogP contribution in [0.4, 0.5) is 0 Å². The Balaban J connectivity index is 1.49. The molecule has 0 radical (unpaired) electrons. The first kappa shape index (κ1) is 15.1. The van der Waals surface area contributed by atoms with Gasteiger partial charge in [0.2, 0.25) is 0 Å². The Morgan fingerprint density at radius 1 is 1.00 bits per heavy atom. The number of ether oxygens (including phenoxy) is 1. The van der Waals surface area contributed by atoms with Crippen molar-refractivity contribution in [2.75, 3.05) is 0 Å². The second kappa shape index (κ2) is 5.99. The number of benzene rings is 3. The van der Waals surface area contributed by atoms with Crippen LogP contribution in [0.1, 0.15) is 17.8 Å². The molecule has 1 aliphatic heterocycles. The zero-order valence-electron chi connectivity index (χ0n) is 14.3. The van der Waals surface area contributed by atoms with Gasteiger partial charge in [0.25, 0.3) is 5.56 Å². The molecule has 0 atom stereocenters. The first-order valence-corrected chi connectivity index (χ1v) is 8.92. The molecule has 0 aliphatic carbocycles. The summed E-state index contributed by atoms with van der Waals surface area (Å²) < 4.78 is 7.80. The van der Waals surface area contributed by atoms with Crippen LogP contribution in [0.5, 0.6) is 5.75 Å². The van der Waals surface area contributed by atoms with Crippen molar-refractivity contribution >= 4 is 21.7 Å². The molecule has 4 heteroatoms. The molecule has 4 nitrogen and oxygen atoms in total. The molecular formula is C22H18N2O2. The molecule has 0 amide bonds. The SMILES string of the molecule is O=c1c2cc(OCc3cccc4ccccc34)ccc2nc2n1CCC2. The van der Waals surface area contributed by atoms with Crippen LogP contribution in [0.15, 0.2) is 65.5 Å². The molecule has 2 heterocycles. The molecule has 1 aromatic heterocycles. The van der Waals surface area contributed by atoms with E-state index < -0.39 is 0 Å². The summed E-state index contributed by atoms with van der Waals surface area (Å²) in [5.74, 6) is 1.59. The number of hydrogen-bond acceptors (Lipinski definition) is 3. The highest BCUT2D eigenvalue weighted by Gasteiger charge is 2.16. The molecule has 26 heavy (non-hydrogen) atoms. The van der Waals surface area contributed by atoms with Crippen LogP contribution in [0.2, 0.25) is 0 Å². The number of aromatic nitrogens is 2. The van der Waals surface area contributed by atoms with Gasteiger partial charge in [-0.2, -0.15) is 0 Å². The fourth-order valence-corrected chi connectivity index (χ4v) is 3.73. The summed E-state index contributed by atoms with van der Waals surface area (Å²) in [5.41, 5.74) is 1.92. The average Bonchev–Trinajstić information content (AvgIpc) is 3.15. The molecule has 0 spiro atoms. The van der Waals surface area contributed by atoms with E-state index in [4.69, 9.17) is 4.74 Å². The Hall–Kier alpha value is -3.14. The van der Waals surface area contributed by atoms with Crippen molar-refractivity contribution in [1.29, 1.82) is 0 Å². The molecule has 0 bridgehead atoms. The van der Waals surface area contributed by atoms with Crippen LogP contribution in [0.25, 0.3) is 21.7 Å². The molecular weight excluding hydrogens is 324 g/mol. The lowest BCUT2D eigenvalue weighted by Crippen LogP contribution is -2.20. The lowest BCUT2D eigenvalue weighted by Gasteiger charge is -2.10. The second-order valence-corrected chi connectivity index (χ2v) is 6.69. The number of hydrogen-bond donors (Lipinski definition) is 0. The molecule has 128 valence electrons. The van der Waals surface area contributed by atoms with Crippen molar-refractivity contribution < 1.29 is 4.74 Å². The Morgan fingerprint density at radius 2 is 1.88 bits per heavy atom. The molecule has 0 unspecified atom stereocenters. The van der Waals surface area contributed by atoms with Gasteiger partial charge >= 0.3 is 0 Å². The Labute approximate surface area is 150 Å². The summed E-state index contributed by atoms with van der Waals surface area (Å²) in [6.45, 7) is 1.23. The molecule has 0 saturated carbocycles. The normalized spacial score (nSPS) is 13.2. The van der Waals surface area contributed by atoms with E-state index in [1.165, 1.54) is 10.8 Å². The van der Waals surface area contributed by atoms with Gasteiger partial charge in [0, 0.05) is 13.0 Å². The van der Waals surface area contributed by atoms with Crippen molar-refractivity contribution in [1.82, 2.24) is 9.55 Å². The highest BCUT2D eigenvalue weighted by Crippen LogP contribution is 2.23. The molecule has 0 fully saturated rings. The number of fused-ring (bicyclic) bond motifs is 3. The zero-order chi connectivity index (χ0) is 17.5. The van der Waals surface area contributed by atoms with Gasteiger partial charge in [0.15, 0.2) is 0 Å². The standard InChI is InChI=1S/C22H18N2O2/c25-22-19-13-17(10-11-20(19)23-21-9-4-12-24(21)22)26-14-16-7-3-6-15-5-1-2-8-18(15)16/h1-3,5-8,10-11,13H,4,9,12,14H2. The van der Waals surface area contributed by atoms with E-state index in [0.29, 0.717) is 17.7 Å². The predicted octanol–water partition coefficient (Wildman–Crippen LogP) is 4.07. The minimum absolute atomic E-state index is 0.0399. The average molecular weight is 342 g/mol. The Bertz CT molecular complexity index is 1190. The van der Waals surface area contributed by atoms with Gasteiger partial charge in [-0.1, -0.05) is 42.5 Å². The van der Waals surface area contributed by atoms with Crippen molar-refractivity contribution in [3.8, 4) is 5.75 Å². The third-order valence-electron chi connectivity index (χ3n) is 5.06. The molecule has 1 aliphatic rings. The number of rotatable bonds is 3. The summed E-state index contributed by atoms with van der Waals surface area (Å²) >= 11 is 0. The van der Waals surface area contributed by atoms with Gasteiger partial charge in [-0.05, 0) is 41.0 Å². The van der Waals surface area contributed by atoms with Gasteiger partial charge in [0.05, 0.1) is 10.9 Å². The van der Waals surface area contributed by atoms with Crippen molar-refractivity contribution in [2.45, 2.75) is 26.0 Å². The van der Waals surface area contributed by atoms with E-state index in [1.807, 2.05) is 36.4 Å². The van der Waals surface area contributed by atoms with E-state index >= 15 is 0 Å². The number of nitrogens with zero attached hydrogens (tertiary/aromatic N) is 2. The quantitative estimate of drug-likeness (QED) is 0.564. The van der Waals surface area contributed by atoms with Crippen molar-refractivity contribution in [3.05, 3.63) is 82.4 Å². The van der Waals surface area contributed by atoms with Crippen LogP contribution in [0, 0.1) is 0 Å². The zero-order valence-corrected chi connectivity index (χ0v) is 14.3. The predicted molar refractivity (Wildman–Crippen MR) is 103 cm³/mol. The smallest absolute Gasteiger partial charge is 0.261 e. The fourth-order valence-electron chi connectivity index (χ4n) is 3.73. The highest BCUT2D eigenvalue weighted by atomic mass is 16.5. The van der Waals surface area contributed by atoms with Crippen LogP contribution in [-0.2, 0) is 19.6 Å². The van der Waals surface area contributed by atoms with Gasteiger partial charge in [0.1, 0.15) is 18.2 Å². The first-order chi connectivity index (χ1) is 12.8. The van der Waals surface area contributed by atoms with Gasteiger partial charge in [-0.3, -0.25) is 9.36 Å². The summed E-state index contributed by atoms with van der Waals surface area (Å²) in [6, 6.07) is 20.1. The van der Waals surface area contributed by atoms with Gasteiger partial charge in [-0.25, -0.2) is 4.98 Å². The Kier molecular flexibility index (Phi) is 3.49. The first-order valence-electron chi connectivity index (χ1n) is 8.92. The molecule has 0 N–H and O–H groups in total. The minimum Gasteiger partial charge on any atom is -0.489 e. The maximum Gasteiger partial charge on any atom is 0.261 e. The van der Waals surface area contributed by atoms with Crippen molar-refractivity contribution in [3.63, 3.8) is 0 Å². The van der Waals surface area contributed by atoms with Crippen LogP contribution < -0.4 is 10.3 Å². The van der Waals surface area contributed by atoms with E-state index in [1.54, 1.807) is 4.57 Å². The summed E-state index contributed by atoms with van der Waals surface area (Å²) in [5, 5.41) is 3.02. The minimum atomic E-state index is 0.0399. The van der Waals surface area contributed by atoms with Gasteiger partial charge in [-0.15, -0.1) is 0 Å². The van der Waals surface area contributed by atoms with E-state index in [9.17, 15) is 4.79 Å². The van der Waals surface area contributed by atoms with Crippen LogP contribution in [0.3, 0.4) is 0 Å². The van der Waals surface area contributed by atoms with Crippen LogP contribution >= 0.6 is 0 Å². The maximum atomic E-state index is 12.7. The third kappa shape index (κ3) is 2.46. The largest absolute Gasteiger partial charge is 0.489 e. The second-order valence-electron chi connectivity index (χ2n) is 6.69. The lowest BCUT2D eigenvalue weighted by atomic mass is 10.1. The third-order valence-corrected chi connectivity index (χ3v) is 5.06. The van der Waals surface area contributed by atoms with Gasteiger partial charge < -0.3 is 4.74 Å². The highest BCUT2D eigenvalue weighted by molar-refractivity contribution is 5.85.